The fourth-order valence-corrected chi connectivity index (χ4v) is 7.52. The number of benzene rings is 1. The number of likely N-dealkylation sites (tertiary alicyclic amines) is 1. The number of nitrogen functional groups attached to an aromatic ring is 1. The molecular weight excluding hydrogens is 552 g/mol. The van der Waals surface area contributed by atoms with Gasteiger partial charge in [-0.3, -0.25) is 4.79 Å². The van der Waals surface area contributed by atoms with E-state index in [4.69, 9.17) is 10.5 Å². The van der Waals surface area contributed by atoms with Crippen LogP contribution in [0, 0.1) is 0 Å². The summed E-state index contributed by atoms with van der Waals surface area (Å²) in [6.07, 6.45) is 6.49. The molecular formula is C27H34N6O5S2. The average Bonchev–Trinajstić information content (AvgIpc) is 3.70. The van der Waals surface area contributed by atoms with Crippen molar-refractivity contribution in [2.24, 2.45) is 0 Å². The third-order valence-corrected chi connectivity index (χ3v) is 9.65. The Hall–Kier alpha value is -3.45. The summed E-state index contributed by atoms with van der Waals surface area (Å²) in [5.74, 6) is -0.498. The number of rotatable bonds is 10. The summed E-state index contributed by atoms with van der Waals surface area (Å²) < 4.78 is 31.4. The summed E-state index contributed by atoms with van der Waals surface area (Å²) in [6, 6.07) is 3.98. The molecule has 40 heavy (non-hydrogen) atoms. The van der Waals surface area contributed by atoms with E-state index in [1.165, 1.54) is 22.4 Å². The fraction of sp³-hybridized carbons (Fsp3) is 0.481. The van der Waals surface area contributed by atoms with Gasteiger partial charge in [0.25, 0.3) is 0 Å². The van der Waals surface area contributed by atoms with Crippen molar-refractivity contribution < 1.29 is 22.7 Å². The first-order valence-corrected chi connectivity index (χ1v) is 15.5. The highest BCUT2D eigenvalue weighted by atomic mass is 32.2. The topological polar surface area (TPSA) is 139 Å². The lowest BCUT2D eigenvalue weighted by Gasteiger charge is -2.28. The predicted octanol–water partition coefficient (Wildman–Crippen LogP) is 2.54. The van der Waals surface area contributed by atoms with Crippen LogP contribution in [0.2, 0.25) is 0 Å². The van der Waals surface area contributed by atoms with E-state index in [0.717, 1.165) is 57.3 Å². The molecule has 2 saturated heterocycles. The molecule has 2 atom stereocenters. The summed E-state index contributed by atoms with van der Waals surface area (Å²) >= 11 is 1.27. The van der Waals surface area contributed by atoms with Crippen molar-refractivity contribution in [1.29, 1.82) is 0 Å². The molecule has 5 rings (SSSR count). The number of ether oxygens (including phenoxy) is 1. The normalized spacial score (nSPS) is 18.2. The SMILES string of the molecule is CCOC(=O)[C@@H](Cc1cc2ccnc(N)c2cc1CC)N1CC[C@H](N(c2cnc(N3CCCC3)s2)[SH](=O)=O)C1=O. The van der Waals surface area contributed by atoms with Crippen molar-refractivity contribution in [1.82, 2.24) is 14.9 Å². The van der Waals surface area contributed by atoms with E-state index in [1.54, 1.807) is 13.1 Å². The number of carbonyl (C=O) groups excluding carboxylic acids is 2. The number of nitrogens with two attached hydrogens (primary N) is 1. The van der Waals surface area contributed by atoms with E-state index in [0.29, 0.717) is 17.2 Å². The first-order chi connectivity index (χ1) is 19.3. The lowest BCUT2D eigenvalue weighted by molar-refractivity contribution is -0.153. The first-order valence-electron chi connectivity index (χ1n) is 13.6. The molecule has 2 N–H and O–H groups in total. The van der Waals surface area contributed by atoms with Crippen LogP contribution < -0.4 is 14.9 Å². The molecule has 0 aliphatic carbocycles. The maximum atomic E-state index is 13.8. The summed E-state index contributed by atoms with van der Waals surface area (Å²) in [6.45, 7) is 5.90. The molecule has 0 bridgehead atoms. The quantitative estimate of drug-likeness (QED) is 0.271. The van der Waals surface area contributed by atoms with Crippen LogP contribution in [-0.4, -0.2) is 73.5 Å². The van der Waals surface area contributed by atoms with E-state index < -0.39 is 34.9 Å². The van der Waals surface area contributed by atoms with Crippen molar-refractivity contribution in [3.63, 3.8) is 0 Å². The number of hydrogen-bond acceptors (Lipinski definition) is 10. The zero-order valence-corrected chi connectivity index (χ0v) is 24.3. The molecule has 2 aliphatic heterocycles. The van der Waals surface area contributed by atoms with Crippen molar-refractivity contribution >= 4 is 60.8 Å². The zero-order valence-electron chi connectivity index (χ0n) is 22.6. The maximum absolute atomic E-state index is 13.8. The molecule has 13 heteroatoms. The summed E-state index contributed by atoms with van der Waals surface area (Å²) in [5.41, 5.74) is 7.99. The van der Waals surface area contributed by atoms with Gasteiger partial charge in [-0.25, -0.2) is 27.5 Å². The van der Waals surface area contributed by atoms with Gasteiger partial charge in [-0.2, -0.15) is 0 Å². The molecule has 3 aromatic rings. The van der Waals surface area contributed by atoms with Crippen LogP contribution in [0.15, 0.2) is 30.6 Å². The summed E-state index contributed by atoms with van der Waals surface area (Å²) in [4.78, 5) is 39.2. The predicted molar refractivity (Wildman–Crippen MR) is 156 cm³/mol. The average molecular weight is 587 g/mol. The Kier molecular flexibility index (Phi) is 8.40. The fourth-order valence-electron chi connectivity index (χ4n) is 5.61. The molecule has 0 unspecified atom stereocenters. The van der Waals surface area contributed by atoms with Crippen LogP contribution in [0.1, 0.15) is 44.2 Å². The van der Waals surface area contributed by atoms with Gasteiger partial charge in [0.2, 0.25) is 16.8 Å². The van der Waals surface area contributed by atoms with E-state index in [2.05, 4.69) is 14.9 Å². The number of thiol groups is 1. The second kappa shape index (κ2) is 12.0. The number of aromatic nitrogens is 2. The molecule has 2 aromatic heterocycles. The van der Waals surface area contributed by atoms with E-state index in [9.17, 15) is 18.0 Å². The number of amides is 1. The lowest BCUT2D eigenvalue weighted by atomic mass is 9.94. The number of aryl methyl sites for hydroxylation is 1. The molecule has 2 aliphatic rings. The number of carbonyl (C=O) groups is 2. The highest BCUT2D eigenvalue weighted by molar-refractivity contribution is 7.74. The van der Waals surface area contributed by atoms with Crippen LogP contribution in [0.4, 0.5) is 16.0 Å². The van der Waals surface area contributed by atoms with Crippen molar-refractivity contribution in [3.8, 4) is 0 Å². The van der Waals surface area contributed by atoms with Gasteiger partial charge in [-0.15, -0.1) is 0 Å². The van der Waals surface area contributed by atoms with E-state index >= 15 is 0 Å². The van der Waals surface area contributed by atoms with Gasteiger partial charge in [0.1, 0.15) is 22.9 Å². The highest BCUT2D eigenvalue weighted by Crippen LogP contribution is 2.35. The van der Waals surface area contributed by atoms with Gasteiger partial charge in [0.15, 0.2) is 5.13 Å². The lowest BCUT2D eigenvalue weighted by Crippen LogP contribution is -2.48. The summed E-state index contributed by atoms with van der Waals surface area (Å²) in [5, 5.41) is 2.88. The number of pyridine rings is 1. The van der Waals surface area contributed by atoms with Gasteiger partial charge in [0.05, 0.1) is 12.8 Å². The minimum atomic E-state index is -3.11. The smallest absolute Gasteiger partial charge is 0.329 e. The molecule has 214 valence electrons. The standard InChI is InChI=1S/C27H34N6O5S2/c1-3-17-14-20-18(7-9-29-24(20)28)13-19(17)15-22(26(35)38-4-2)32-12-8-21(25(32)34)33(40(36)37)23-16-30-27(39-23)31-10-5-6-11-31/h7,9,13-14,16,21-22,40H,3-6,8,10-12,15H2,1-2H3,(H2,28,29)/t21-,22+/m0/s1. The molecule has 11 nitrogen and oxygen atoms in total. The van der Waals surface area contributed by atoms with Gasteiger partial charge in [0, 0.05) is 37.6 Å². The Morgan fingerprint density at radius 1 is 1.20 bits per heavy atom. The van der Waals surface area contributed by atoms with Crippen LogP contribution in [0.3, 0.4) is 0 Å². The van der Waals surface area contributed by atoms with E-state index in [-0.39, 0.29) is 26.0 Å². The van der Waals surface area contributed by atoms with E-state index in [1.807, 2.05) is 25.1 Å². The number of anilines is 3. The third-order valence-electron chi connectivity index (χ3n) is 7.61. The zero-order chi connectivity index (χ0) is 28.4. The van der Waals surface area contributed by atoms with Gasteiger partial charge in [-0.1, -0.05) is 24.3 Å². The Morgan fingerprint density at radius 2 is 1.98 bits per heavy atom. The summed E-state index contributed by atoms with van der Waals surface area (Å²) in [7, 11) is -3.11. The van der Waals surface area contributed by atoms with Gasteiger partial charge < -0.3 is 20.3 Å². The maximum Gasteiger partial charge on any atom is 0.329 e. The second-order valence-electron chi connectivity index (χ2n) is 9.96. The minimum absolute atomic E-state index is 0.167. The second-order valence-corrected chi connectivity index (χ2v) is 11.9. The van der Waals surface area contributed by atoms with Crippen LogP contribution in [0.25, 0.3) is 10.8 Å². The number of fused-ring (bicyclic) bond motifs is 1. The number of thiazole rings is 1. The molecule has 4 heterocycles. The minimum Gasteiger partial charge on any atom is -0.464 e. The molecule has 0 radical (unpaired) electrons. The largest absolute Gasteiger partial charge is 0.464 e. The van der Waals surface area contributed by atoms with Crippen molar-refractivity contribution in [2.75, 3.05) is 41.2 Å². The van der Waals surface area contributed by atoms with Crippen LogP contribution >= 0.6 is 11.3 Å². The van der Waals surface area contributed by atoms with Crippen LogP contribution in [-0.2, 0) is 38.1 Å². The molecule has 1 aromatic carbocycles. The first kappa shape index (κ1) is 28.1. The highest BCUT2D eigenvalue weighted by Gasteiger charge is 2.44. The third kappa shape index (κ3) is 5.44. The van der Waals surface area contributed by atoms with Crippen molar-refractivity contribution in [2.45, 2.75) is 58.0 Å². The molecule has 1 amide bonds. The molecule has 2 fully saturated rings. The number of esters is 1. The van der Waals surface area contributed by atoms with Gasteiger partial charge >= 0.3 is 5.97 Å². The monoisotopic (exact) mass is 586 g/mol. The van der Waals surface area contributed by atoms with Gasteiger partial charge in [-0.05, 0) is 61.3 Å². The van der Waals surface area contributed by atoms with Crippen LogP contribution in [0.5, 0.6) is 0 Å². The number of nitrogens with zero attached hydrogens (tertiary/aromatic N) is 5. The molecule has 0 saturated carbocycles. The van der Waals surface area contributed by atoms with Crippen molar-refractivity contribution in [3.05, 3.63) is 41.7 Å². The Balaban J connectivity index is 1.44. The Labute approximate surface area is 239 Å². The number of hydrogen-bond donors (Lipinski definition) is 2. The Bertz CT molecular complexity index is 1480. The molecule has 0 spiro atoms. The Morgan fingerprint density at radius 3 is 2.67 bits per heavy atom.